The third-order valence-electron chi connectivity index (χ3n) is 2.94. The monoisotopic (exact) mass is 320 g/mol. The van der Waals surface area contributed by atoms with Gasteiger partial charge in [-0.15, -0.1) is 0 Å². The first-order chi connectivity index (χ1) is 9.22. The van der Waals surface area contributed by atoms with Crippen molar-refractivity contribution in [3.8, 4) is 11.5 Å². The van der Waals surface area contributed by atoms with Crippen LogP contribution in [0.1, 0.15) is 18.1 Å². The molecule has 100 valence electrons. The molecule has 2 nitrogen and oxygen atoms in total. The molecule has 0 N–H and O–H groups in total. The van der Waals surface area contributed by atoms with Gasteiger partial charge in [-0.25, -0.2) is 0 Å². The molecule has 0 radical (unpaired) electrons. The maximum atomic E-state index is 5.81. The van der Waals surface area contributed by atoms with E-state index in [2.05, 4.69) is 28.9 Å². The second-order valence-corrected chi connectivity index (χ2v) is 5.17. The quantitative estimate of drug-likeness (QED) is 0.801. The Morgan fingerprint density at radius 3 is 2.26 bits per heavy atom. The molecule has 0 spiro atoms. The molecule has 0 saturated heterocycles. The molecule has 19 heavy (non-hydrogen) atoms. The molecule has 0 aliphatic heterocycles. The van der Waals surface area contributed by atoms with E-state index in [0.29, 0.717) is 6.61 Å². The molecule has 0 atom stereocenters. The summed E-state index contributed by atoms with van der Waals surface area (Å²) in [5, 5.41) is 0. The second kappa shape index (κ2) is 6.62. The lowest BCUT2D eigenvalue weighted by Gasteiger charge is -2.12. The van der Waals surface area contributed by atoms with Gasteiger partial charge in [0.2, 0.25) is 0 Å². The van der Waals surface area contributed by atoms with Crippen LogP contribution >= 0.6 is 15.9 Å². The molecule has 2 aromatic rings. The summed E-state index contributed by atoms with van der Waals surface area (Å²) in [4.78, 5) is 0. The fourth-order valence-corrected chi connectivity index (χ4v) is 2.06. The lowest BCUT2D eigenvalue weighted by molar-refractivity contribution is 0.284. The van der Waals surface area contributed by atoms with Crippen LogP contribution in [0.25, 0.3) is 0 Å². The number of benzene rings is 2. The van der Waals surface area contributed by atoms with Crippen molar-refractivity contribution in [2.45, 2.75) is 20.0 Å². The Balaban J connectivity index is 2.08. The molecule has 0 unspecified atom stereocenters. The van der Waals surface area contributed by atoms with Crippen LogP contribution in [0.2, 0.25) is 0 Å². The van der Waals surface area contributed by atoms with Gasteiger partial charge in [-0.05, 0) is 41.8 Å². The van der Waals surface area contributed by atoms with Gasteiger partial charge in [-0.3, -0.25) is 0 Å². The summed E-state index contributed by atoms with van der Waals surface area (Å²) in [6, 6.07) is 14.2. The van der Waals surface area contributed by atoms with E-state index < -0.39 is 0 Å². The predicted molar refractivity (Wildman–Crippen MR) is 80.8 cm³/mol. The lowest BCUT2D eigenvalue weighted by atomic mass is 10.1. The van der Waals surface area contributed by atoms with E-state index in [4.69, 9.17) is 9.47 Å². The molecule has 0 amide bonds. The van der Waals surface area contributed by atoms with Crippen molar-refractivity contribution >= 4 is 15.9 Å². The Bertz CT molecular complexity index is 535. The van der Waals surface area contributed by atoms with Gasteiger partial charge in [-0.2, -0.15) is 0 Å². The third kappa shape index (κ3) is 3.74. The molecule has 0 aromatic heterocycles. The van der Waals surface area contributed by atoms with Crippen molar-refractivity contribution in [3.63, 3.8) is 0 Å². The molecular weight excluding hydrogens is 304 g/mol. The van der Waals surface area contributed by atoms with Gasteiger partial charge in [0, 0.05) is 4.47 Å². The first-order valence-electron chi connectivity index (χ1n) is 6.27. The van der Waals surface area contributed by atoms with Crippen LogP contribution in [-0.4, -0.2) is 7.11 Å². The fourth-order valence-electron chi connectivity index (χ4n) is 1.79. The highest BCUT2D eigenvalue weighted by atomic mass is 79.9. The minimum absolute atomic E-state index is 0.537. The smallest absolute Gasteiger partial charge is 0.161 e. The molecule has 0 aliphatic carbocycles. The highest BCUT2D eigenvalue weighted by molar-refractivity contribution is 9.10. The summed E-state index contributed by atoms with van der Waals surface area (Å²) in [7, 11) is 1.67. The Morgan fingerprint density at radius 2 is 1.63 bits per heavy atom. The van der Waals surface area contributed by atoms with Gasteiger partial charge >= 0.3 is 0 Å². The van der Waals surface area contributed by atoms with E-state index in [1.165, 1.54) is 5.56 Å². The third-order valence-corrected chi connectivity index (χ3v) is 3.47. The highest BCUT2D eigenvalue weighted by Gasteiger charge is 2.05. The van der Waals surface area contributed by atoms with E-state index >= 15 is 0 Å². The van der Waals surface area contributed by atoms with E-state index in [1.807, 2.05) is 36.4 Å². The maximum absolute atomic E-state index is 5.81. The zero-order valence-corrected chi connectivity index (χ0v) is 12.7. The molecule has 0 saturated carbocycles. The number of ether oxygens (including phenoxy) is 2. The van der Waals surface area contributed by atoms with E-state index in [0.717, 1.165) is 28.0 Å². The molecule has 3 heteroatoms. The minimum atomic E-state index is 0.537. The van der Waals surface area contributed by atoms with Crippen molar-refractivity contribution < 1.29 is 9.47 Å². The molecule has 0 aliphatic rings. The summed E-state index contributed by atoms with van der Waals surface area (Å²) in [6.07, 6.45) is 0.989. The first kappa shape index (κ1) is 13.9. The maximum Gasteiger partial charge on any atom is 0.161 e. The van der Waals surface area contributed by atoms with Crippen LogP contribution in [0.5, 0.6) is 11.5 Å². The van der Waals surface area contributed by atoms with Crippen molar-refractivity contribution in [2.24, 2.45) is 0 Å². The molecule has 0 heterocycles. The molecule has 0 bridgehead atoms. The van der Waals surface area contributed by atoms with Gasteiger partial charge < -0.3 is 9.47 Å². The van der Waals surface area contributed by atoms with E-state index in [1.54, 1.807) is 7.11 Å². The minimum Gasteiger partial charge on any atom is -0.493 e. The van der Waals surface area contributed by atoms with E-state index in [9.17, 15) is 0 Å². The number of halogens is 1. The standard InChI is InChI=1S/C16H17BrO2/c1-3-12-6-9-15(16(10-12)18-2)19-11-13-4-7-14(17)8-5-13/h4-10H,3,11H2,1-2H3. The summed E-state index contributed by atoms with van der Waals surface area (Å²) in [5.41, 5.74) is 2.37. The Kier molecular flexibility index (Phi) is 4.86. The Hall–Kier alpha value is -1.48. The van der Waals surface area contributed by atoms with Gasteiger partial charge in [-0.1, -0.05) is 41.1 Å². The molecular formula is C16H17BrO2. The van der Waals surface area contributed by atoms with Crippen LogP contribution in [0.15, 0.2) is 46.9 Å². The summed E-state index contributed by atoms with van der Waals surface area (Å²) in [5.74, 6) is 1.57. The Labute approximate surface area is 122 Å². The van der Waals surface area contributed by atoms with Crippen LogP contribution in [0.3, 0.4) is 0 Å². The van der Waals surface area contributed by atoms with Crippen molar-refractivity contribution in [1.82, 2.24) is 0 Å². The van der Waals surface area contributed by atoms with Crippen molar-refractivity contribution in [3.05, 3.63) is 58.1 Å². The van der Waals surface area contributed by atoms with Crippen molar-refractivity contribution in [2.75, 3.05) is 7.11 Å². The lowest BCUT2D eigenvalue weighted by Crippen LogP contribution is -1.98. The topological polar surface area (TPSA) is 18.5 Å². The largest absolute Gasteiger partial charge is 0.493 e. The number of methoxy groups -OCH3 is 1. The number of aryl methyl sites for hydroxylation is 1. The van der Waals surface area contributed by atoms with Crippen LogP contribution in [-0.2, 0) is 13.0 Å². The summed E-state index contributed by atoms with van der Waals surface area (Å²) < 4.78 is 12.2. The van der Waals surface area contributed by atoms with Gasteiger partial charge in [0.25, 0.3) is 0 Å². The van der Waals surface area contributed by atoms with Gasteiger partial charge in [0.1, 0.15) is 6.61 Å². The first-order valence-corrected chi connectivity index (χ1v) is 7.06. The Morgan fingerprint density at radius 1 is 0.947 bits per heavy atom. The number of hydrogen-bond acceptors (Lipinski definition) is 2. The van der Waals surface area contributed by atoms with Crippen LogP contribution in [0, 0.1) is 0 Å². The second-order valence-electron chi connectivity index (χ2n) is 4.25. The van der Waals surface area contributed by atoms with Gasteiger partial charge in [0.05, 0.1) is 7.11 Å². The average Bonchev–Trinajstić information content (AvgIpc) is 2.46. The zero-order chi connectivity index (χ0) is 13.7. The van der Waals surface area contributed by atoms with Crippen LogP contribution in [0.4, 0.5) is 0 Å². The SMILES string of the molecule is CCc1ccc(OCc2ccc(Br)cc2)c(OC)c1. The fraction of sp³-hybridized carbons (Fsp3) is 0.250. The molecule has 0 fully saturated rings. The normalized spacial score (nSPS) is 10.3. The van der Waals surface area contributed by atoms with E-state index in [-0.39, 0.29) is 0 Å². The van der Waals surface area contributed by atoms with Gasteiger partial charge in [0.15, 0.2) is 11.5 Å². The molecule has 2 rings (SSSR count). The van der Waals surface area contributed by atoms with Crippen molar-refractivity contribution in [1.29, 1.82) is 0 Å². The number of hydrogen-bond donors (Lipinski definition) is 0. The summed E-state index contributed by atoms with van der Waals surface area (Å²) in [6.45, 7) is 2.66. The number of rotatable bonds is 5. The predicted octanol–water partition coefficient (Wildman–Crippen LogP) is 4.60. The highest BCUT2D eigenvalue weighted by Crippen LogP contribution is 2.29. The summed E-state index contributed by atoms with van der Waals surface area (Å²) >= 11 is 3.42. The zero-order valence-electron chi connectivity index (χ0n) is 11.2. The molecule has 2 aromatic carbocycles. The average molecular weight is 321 g/mol. The van der Waals surface area contributed by atoms with Crippen LogP contribution < -0.4 is 9.47 Å².